The summed E-state index contributed by atoms with van der Waals surface area (Å²) < 4.78 is 14.3. The standard InChI is InChI=1S/C18H17FN4O2/c1-11-20-8-12-9-23(14-6-4-3-5-13(14)19)17(25)18(16(12)21-11)7-15(24)22(2)10-18/h3-6,8H,7,9-10H2,1-2H3. The van der Waals surface area contributed by atoms with Crippen LogP contribution in [0.15, 0.2) is 30.5 Å². The Bertz CT molecular complexity index is 900. The van der Waals surface area contributed by atoms with Crippen molar-refractivity contribution >= 4 is 17.5 Å². The van der Waals surface area contributed by atoms with Gasteiger partial charge in [0, 0.05) is 31.8 Å². The van der Waals surface area contributed by atoms with Crippen LogP contribution in [0, 0.1) is 12.7 Å². The summed E-state index contributed by atoms with van der Waals surface area (Å²) in [6.45, 7) is 2.18. The van der Waals surface area contributed by atoms with Crippen molar-refractivity contribution in [2.75, 3.05) is 18.5 Å². The first kappa shape index (κ1) is 15.7. The highest BCUT2D eigenvalue weighted by Gasteiger charge is 2.55. The molecular weight excluding hydrogens is 323 g/mol. The van der Waals surface area contributed by atoms with Crippen LogP contribution < -0.4 is 4.90 Å². The van der Waals surface area contributed by atoms with Crippen molar-refractivity contribution in [3.05, 3.63) is 53.4 Å². The third-order valence-electron chi connectivity index (χ3n) is 4.95. The lowest BCUT2D eigenvalue weighted by molar-refractivity contribution is -0.128. The molecule has 1 unspecified atom stereocenters. The van der Waals surface area contributed by atoms with E-state index in [0.717, 1.165) is 5.56 Å². The average molecular weight is 340 g/mol. The molecule has 0 radical (unpaired) electrons. The minimum atomic E-state index is -1.09. The largest absolute Gasteiger partial charge is 0.344 e. The molecular formula is C18H17FN4O2. The van der Waals surface area contributed by atoms with Crippen molar-refractivity contribution in [1.29, 1.82) is 0 Å². The van der Waals surface area contributed by atoms with Gasteiger partial charge in [-0.15, -0.1) is 0 Å². The maximum Gasteiger partial charge on any atom is 0.242 e. The predicted molar refractivity (Wildman–Crippen MR) is 88.3 cm³/mol. The number of para-hydroxylation sites is 1. The lowest BCUT2D eigenvalue weighted by atomic mass is 9.76. The Morgan fingerprint density at radius 1 is 1.24 bits per heavy atom. The van der Waals surface area contributed by atoms with Gasteiger partial charge >= 0.3 is 0 Å². The summed E-state index contributed by atoms with van der Waals surface area (Å²) in [5.74, 6) is -0.334. The van der Waals surface area contributed by atoms with Gasteiger partial charge in [-0.2, -0.15) is 0 Å². The third kappa shape index (κ3) is 2.22. The van der Waals surface area contributed by atoms with Gasteiger partial charge in [-0.3, -0.25) is 9.59 Å². The molecule has 1 fully saturated rings. The van der Waals surface area contributed by atoms with E-state index in [1.807, 2.05) is 0 Å². The number of aromatic nitrogens is 2. The second-order valence-electron chi connectivity index (χ2n) is 6.64. The highest BCUT2D eigenvalue weighted by molar-refractivity contribution is 6.06. The Balaban J connectivity index is 1.91. The van der Waals surface area contributed by atoms with Gasteiger partial charge < -0.3 is 9.80 Å². The van der Waals surface area contributed by atoms with Gasteiger partial charge in [-0.05, 0) is 19.1 Å². The molecule has 2 aliphatic rings. The Kier molecular flexibility index (Phi) is 3.35. The van der Waals surface area contributed by atoms with Gasteiger partial charge in [0.05, 0.1) is 17.9 Å². The normalized spacial score (nSPS) is 22.7. The maximum absolute atomic E-state index is 14.3. The van der Waals surface area contributed by atoms with E-state index in [1.165, 1.54) is 15.9 Å². The van der Waals surface area contributed by atoms with Crippen LogP contribution in [0.5, 0.6) is 0 Å². The molecule has 1 aromatic carbocycles. The molecule has 1 spiro atoms. The molecule has 3 heterocycles. The van der Waals surface area contributed by atoms with Crippen molar-refractivity contribution in [1.82, 2.24) is 14.9 Å². The molecule has 6 nitrogen and oxygen atoms in total. The number of fused-ring (bicyclic) bond motifs is 2. The summed E-state index contributed by atoms with van der Waals surface area (Å²) in [6.07, 6.45) is 1.71. The number of rotatable bonds is 1. The number of hydrogen-bond donors (Lipinski definition) is 0. The van der Waals surface area contributed by atoms with Crippen molar-refractivity contribution in [2.45, 2.75) is 25.3 Å². The quantitative estimate of drug-likeness (QED) is 0.790. The zero-order chi connectivity index (χ0) is 17.8. The number of anilines is 1. The maximum atomic E-state index is 14.3. The van der Waals surface area contributed by atoms with Gasteiger partial charge in [0.1, 0.15) is 17.1 Å². The molecule has 25 heavy (non-hydrogen) atoms. The van der Waals surface area contributed by atoms with Crippen molar-refractivity contribution < 1.29 is 14.0 Å². The number of nitrogens with zero attached hydrogens (tertiary/aromatic N) is 4. The van der Waals surface area contributed by atoms with Crippen LogP contribution in [0.1, 0.15) is 23.5 Å². The van der Waals surface area contributed by atoms with Gasteiger partial charge in [0.25, 0.3) is 0 Å². The molecule has 2 aliphatic heterocycles. The fraction of sp³-hybridized carbons (Fsp3) is 0.333. The molecule has 2 aromatic rings. The van der Waals surface area contributed by atoms with E-state index in [9.17, 15) is 14.0 Å². The van der Waals surface area contributed by atoms with Crippen LogP contribution in [-0.2, 0) is 21.5 Å². The molecule has 1 atom stereocenters. The number of carbonyl (C=O) groups is 2. The molecule has 0 saturated carbocycles. The molecule has 1 aromatic heterocycles. The van der Waals surface area contributed by atoms with Crippen molar-refractivity contribution in [2.24, 2.45) is 0 Å². The zero-order valence-corrected chi connectivity index (χ0v) is 14.0. The number of carbonyl (C=O) groups excluding carboxylic acids is 2. The Hall–Kier alpha value is -2.83. The fourth-order valence-corrected chi connectivity index (χ4v) is 3.74. The number of benzene rings is 1. The van der Waals surface area contributed by atoms with E-state index in [0.29, 0.717) is 11.5 Å². The monoisotopic (exact) mass is 340 g/mol. The van der Waals surface area contributed by atoms with Gasteiger partial charge in [0.2, 0.25) is 11.8 Å². The SMILES string of the molecule is Cc1ncc2c(n1)C1(CC(=O)N(C)C1)C(=O)N(c1ccccc1F)C2. The van der Waals surface area contributed by atoms with E-state index in [1.54, 1.807) is 38.4 Å². The van der Waals surface area contributed by atoms with Crippen LogP contribution >= 0.6 is 0 Å². The number of amides is 2. The third-order valence-corrected chi connectivity index (χ3v) is 4.95. The lowest BCUT2D eigenvalue weighted by Gasteiger charge is -2.39. The van der Waals surface area contributed by atoms with E-state index in [2.05, 4.69) is 9.97 Å². The summed E-state index contributed by atoms with van der Waals surface area (Å²) >= 11 is 0. The molecule has 0 N–H and O–H groups in total. The average Bonchev–Trinajstić information content (AvgIpc) is 2.89. The summed E-state index contributed by atoms with van der Waals surface area (Å²) in [7, 11) is 1.67. The predicted octanol–water partition coefficient (Wildman–Crippen LogP) is 1.57. The second-order valence-corrected chi connectivity index (χ2v) is 6.64. The van der Waals surface area contributed by atoms with Crippen molar-refractivity contribution in [3.63, 3.8) is 0 Å². The summed E-state index contributed by atoms with van der Waals surface area (Å²) in [5.41, 5.74) is 0.460. The highest BCUT2D eigenvalue weighted by Crippen LogP contribution is 2.42. The van der Waals surface area contributed by atoms with Crippen LogP contribution in [0.25, 0.3) is 0 Å². The first-order valence-corrected chi connectivity index (χ1v) is 8.06. The number of aryl methyl sites for hydroxylation is 1. The van der Waals surface area contributed by atoms with Crippen LogP contribution in [0.4, 0.5) is 10.1 Å². The zero-order valence-electron chi connectivity index (χ0n) is 14.0. The molecule has 7 heteroatoms. The minimum absolute atomic E-state index is 0.0384. The van der Waals surface area contributed by atoms with Crippen LogP contribution in [-0.4, -0.2) is 40.3 Å². The van der Waals surface area contributed by atoms with Crippen LogP contribution in [0.3, 0.4) is 0 Å². The Morgan fingerprint density at radius 3 is 2.68 bits per heavy atom. The first-order valence-electron chi connectivity index (χ1n) is 8.06. The molecule has 128 valence electrons. The highest BCUT2D eigenvalue weighted by atomic mass is 19.1. The van der Waals surface area contributed by atoms with Crippen molar-refractivity contribution in [3.8, 4) is 0 Å². The van der Waals surface area contributed by atoms with E-state index in [4.69, 9.17) is 0 Å². The summed E-state index contributed by atoms with van der Waals surface area (Å²) in [5, 5.41) is 0. The van der Waals surface area contributed by atoms with Gasteiger partial charge in [-0.25, -0.2) is 14.4 Å². The molecule has 1 saturated heterocycles. The number of likely N-dealkylation sites (N-methyl/N-ethyl adjacent to an activating group) is 1. The molecule has 0 aliphatic carbocycles. The number of likely N-dealkylation sites (tertiary alicyclic amines) is 1. The van der Waals surface area contributed by atoms with E-state index >= 15 is 0 Å². The first-order chi connectivity index (χ1) is 11.9. The molecule has 0 bridgehead atoms. The van der Waals surface area contributed by atoms with Gasteiger partial charge in [-0.1, -0.05) is 12.1 Å². The second kappa shape index (κ2) is 5.34. The fourth-order valence-electron chi connectivity index (χ4n) is 3.74. The lowest BCUT2D eigenvalue weighted by Crippen LogP contribution is -2.53. The summed E-state index contributed by atoms with van der Waals surface area (Å²) in [4.78, 5) is 37.3. The topological polar surface area (TPSA) is 66.4 Å². The van der Waals surface area contributed by atoms with E-state index in [-0.39, 0.29) is 37.0 Å². The number of hydrogen-bond acceptors (Lipinski definition) is 4. The van der Waals surface area contributed by atoms with Gasteiger partial charge in [0.15, 0.2) is 0 Å². The Labute approximate surface area is 144 Å². The smallest absolute Gasteiger partial charge is 0.242 e. The van der Waals surface area contributed by atoms with E-state index < -0.39 is 11.2 Å². The molecule has 2 amide bonds. The minimum Gasteiger partial charge on any atom is -0.344 e. The molecule has 4 rings (SSSR count). The Morgan fingerprint density at radius 2 is 2.00 bits per heavy atom. The number of halogens is 1. The summed E-state index contributed by atoms with van der Waals surface area (Å²) in [6, 6.07) is 6.16. The van der Waals surface area contributed by atoms with Crippen LogP contribution in [0.2, 0.25) is 0 Å².